The van der Waals surface area contributed by atoms with Gasteiger partial charge in [-0.2, -0.15) is 5.26 Å². The largest absolute Gasteiger partial charge is 0.300 e. The molecule has 1 N–H and O–H groups in total. The first-order valence-electron chi connectivity index (χ1n) is 5.91. The molecule has 0 unspecified atom stereocenters. The smallest absolute Gasteiger partial charge is 0.243 e. The predicted molar refractivity (Wildman–Crippen MR) is 62.8 cm³/mol. The van der Waals surface area contributed by atoms with E-state index in [4.69, 9.17) is 5.26 Å². The van der Waals surface area contributed by atoms with Crippen LogP contribution in [0.3, 0.4) is 0 Å². The second-order valence-electron chi connectivity index (χ2n) is 5.00. The molecular formula is C12H19N3O2. The van der Waals surface area contributed by atoms with Crippen molar-refractivity contribution in [3.63, 3.8) is 0 Å². The molecular weight excluding hydrogens is 218 g/mol. The molecule has 1 saturated heterocycles. The van der Waals surface area contributed by atoms with Gasteiger partial charge in [-0.15, -0.1) is 0 Å². The first kappa shape index (κ1) is 13.7. The van der Waals surface area contributed by atoms with Crippen LogP contribution < -0.4 is 5.32 Å². The lowest BCUT2D eigenvalue weighted by atomic mass is 9.89. The van der Waals surface area contributed by atoms with Gasteiger partial charge in [0, 0.05) is 6.54 Å². The van der Waals surface area contributed by atoms with Crippen molar-refractivity contribution in [2.24, 2.45) is 5.41 Å². The van der Waals surface area contributed by atoms with Crippen LogP contribution in [-0.2, 0) is 9.59 Å². The van der Waals surface area contributed by atoms with Crippen molar-refractivity contribution in [1.82, 2.24) is 10.2 Å². The molecule has 17 heavy (non-hydrogen) atoms. The first-order valence-corrected chi connectivity index (χ1v) is 5.91. The van der Waals surface area contributed by atoms with E-state index < -0.39 is 0 Å². The van der Waals surface area contributed by atoms with Crippen LogP contribution in [0.25, 0.3) is 0 Å². The van der Waals surface area contributed by atoms with Gasteiger partial charge in [0.2, 0.25) is 11.8 Å². The Morgan fingerprint density at radius 1 is 1.29 bits per heavy atom. The van der Waals surface area contributed by atoms with E-state index in [1.165, 1.54) is 4.90 Å². The fraction of sp³-hybridized carbons (Fsp3) is 0.750. The van der Waals surface area contributed by atoms with E-state index in [1.54, 1.807) is 0 Å². The van der Waals surface area contributed by atoms with Crippen molar-refractivity contribution >= 4 is 11.8 Å². The van der Waals surface area contributed by atoms with E-state index in [-0.39, 0.29) is 30.3 Å². The van der Waals surface area contributed by atoms with Gasteiger partial charge in [-0.1, -0.05) is 6.42 Å². The molecule has 5 nitrogen and oxygen atoms in total. The number of nitrogens with zero attached hydrogens (tertiary/aromatic N) is 2. The van der Waals surface area contributed by atoms with Gasteiger partial charge in [0.25, 0.3) is 0 Å². The Kier molecular flexibility index (Phi) is 4.64. The summed E-state index contributed by atoms with van der Waals surface area (Å²) in [5.74, 6) is -0.304. The van der Waals surface area contributed by atoms with Crippen LogP contribution >= 0.6 is 0 Å². The van der Waals surface area contributed by atoms with Gasteiger partial charge in [0.1, 0.15) is 0 Å². The van der Waals surface area contributed by atoms with Crippen LogP contribution in [-0.4, -0.2) is 36.3 Å². The van der Waals surface area contributed by atoms with Gasteiger partial charge in [0.05, 0.1) is 24.6 Å². The summed E-state index contributed by atoms with van der Waals surface area (Å²) >= 11 is 0. The summed E-state index contributed by atoms with van der Waals surface area (Å²) in [7, 11) is 0. The van der Waals surface area contributed by atoms with Gasteiger partial charge < -0.3 is 0 Å². The number of hydrogen-bond donors (Lipinski definition) is 1. The van der Waals surface area contributed by atoms with Crippen LogP contribution in [0, 0.1) is 16.7 Å². The topological polar surface area (TPSA) is 73.2 Å². The van der Waals surface area contributed by atoms with Crippen LogP contribution in [0.1, 0.15) is 33.1 Å². The van der Waals surface area contributed by atoms with E-state index in [9.17, 15) is 9.59 Å². The molecule has 94 valence electrons. The molecule has 1 aliphatic rings. The van der Waals surface area contributed by atoms with Crippen molar-refractivity contribution in [3.8, 4) is 6.07 Å². The molecule has 1 aliphatic heterocycles. The molecule has 0 radical (unpaired) electrons. The van der Waals surface area contributed by atoms with E-state index in [0.717, 1.165) is 19.3 Å². The van der Waals surface area contributed by atoms with Crippen molar-refractivity contribution < 1.29 is 9.59 Å². The molecule has 0 aliphatic carbocycles. The Morgan fingerprint density at radius 3 is 2.41 bits per heavy atom. The SMILES string of the molecule is CC(C)(C#N)CCCCN1C(=O)CNCC1=O. The van der Waals surface area contributed by atoms with Gasteiger partial charge >= 0.3 is 0 Å². The maximum atomic E-state index is 11.4. The second-order valence-corrected chi connectivity index (χ2v) is 5.00. The van der Waals surface area contributed by atoms with Crippen LogP contribution in [0.4, 0.5) is 0 Å². The van der Waals surface area contributed by atoms with E-state index in [2.05, 4.69) is 11.4 Å². The third-order valence-corrected chi connectivity index (χ3v) is 2.89. The first-order chi connectivity index (χ1) is 7.96. The Bertz CT molecular complexity index is 328. The normalized spacial score (nSPS) is 17.1. The number of carbonyl (C=O) groups is 2. The number of hydrogen-bond acceptors (Lipinski definition) is 4. The minimum atomic E-state index is -0.322. The highest BCUT2D eigenvalue weighted by atomic mass is 16.2. The zero-order valence-corrected chi connectivity index (χ0v) is 10.5. The lowest BCUT2D eigenvalue weighted by Gasteiger charge is -2.25. The Balaban J connectivity index is 2.29. The predicted octanol–water partition coefficient (Wildman–Crippen LogP) is 0.665. The van der Waals surface area contributed by atoms with E-state index >= 15 is 0 Å². The van der Waals surface area contributed by atoms with E-state index in [1.807, 2.05) is 13.8 Å². The summed E-state index contributed by atoms with van der Waals surface area (Å²) in [4.78, 5) is 24.2. The molecule has 1 heterocycles. The number of piperazine rings is 1. The van der Waals surface area contributed by atoms with Crippen molar-refractivity contribution in [2.45, 2.75) is 33.1 Å². The number of unbranched alkanes of at least 4 members (excludes halogenated alkanes) is 1. The summed E-state index contributed by atoms with van der Waals surface area (Å²) in [6.45, 7) is 4.76. The maximum Gasteiger partial charge on any atom is 0.243 e. The summed E-state index contributed by atoms with van der Waals surface area (Å²) in [5.41, 5.74) is -0.322. The molecule has 0 aromatic rings. The van der Waals surface area contributed by atoms with Gasteiger partial charge in [-0.05, 0) is 26.7 Å². The molecule has 1 fully saturated rings. The molecule has 0 aromatic carbocycles. The fourth-order valence-corrected chi connectivity index (χ4v) is 1.75. The summed E-state index contributed by atoms with van der Waals surface area (Å²) < 4.78 is 0. The summed E-state index contributed by atoms with van der Waals surface area (Å²) in [5, 5.41) is 11.6. The molecule has 0 bridgehead atoms. The molecule has 0 spiro atoms. The molecule has 0 saturated carbocycles. The maximum absolute atomic E-state index is 11.4. The van der Waals surface area contributed by atoms with Crippen molar-refractivity contribution in [3.05, 3.63) is 0 Å². The van der Waals surface area contributed by atoms with Crippen molar-refractivity contribution in [2.75, 3.05) is 19.6 Å². The van der Waals surface area contributed by atoms with Crippen molar-refractivity contribution in [1.29, 1.82) is 5.26 Å². The molecule has 0 aromatic heterocycles. The minimum absolute atomic E-state index is 0.152. The second kappa shape index (κ2) is 5.78. The lowest BCUT2D eigenvalue weighted by Crippen LogP contribution is -2.52. The van der Waals surface area contributed by atoms with E-state index in [0.29, 0.717) is 6.54 Å². The Morgan fingerprint density at radius 2 is 1.88 bits per heavy atom. The minimum Gasteiger partial charge on any atom is -0.300 e. The molecule has 1 rings (SSSR count). The summed E-state index contributed by atoms with van der Waals surface area (Å²) in [6, 6.07) is 2.24. The van der Waals surface area contributed by atoms with Crippen LogP contribution in [0.2, 0.25) is 0 Å². The number of rotatable bonds is 5. The lowest BCUT2D eigenvalue weighted by molar-refractivity contribution is -0.146. The highest BCUT2D eigenvalue weighted by Crippen LogP contribution is 2.21. The fourth-order valence-electron chi connectivity index (χ4n) is 1.75. The zero-order chi connectivity index (χ0) is 12.9. The van der Waals surface area contributed by atoms with Crippen LogP contribution in [0.5, 0.6) is 0 Å². The summed E-state index contributed by atoms with van der Waals surface area (Å²) in [6.07, 6.45) is 2.41. The third-order valence-electron chi connectivity index (χ3n) is 2.89. The van der Waals surface area contributed by atoms with Gasteiger partial charge in [0.15, 0.2) is 0 Å². The zero-order valence-electron chi connectivity index (χ0n) is 10.5. The molecule has 2 amide bonds. The highest BCUT2D eigenvalue weighted by molar-refractivity contribution is 5.99. The standard InChI is InChI=1S/C12H19N3O2/c1-12(2,9-13)5-3-4-6-15-10(16)7-14-8-11(15)17/h14H,3-8H2,1-2H3. The number of nitrogens with one attached hydrogen (secondary N) is 1. The average molecular weight is 237 g/mol. The Hall–Kier alpha value is -1.41. The number of amides is 2. The van der Waals surface area contributed by atoms with Gasteiger partial charge in [-0.3, -0.25) is 19.8 Å². The Labute approximate surface area is 102 Å². The van der Waals surface area contributed by atoms with Crippen LogP contribution in [0.15, 0.2) is 0 Å². The quantitative estimate of drug-likeness (QED) is 0.563. The molecule has 0 atom stereocenters. The average Bonchev–Trinajstić information content (AvgIpc) is 2.27. The highest BCUT2D eigenvalue weighted by Gasteiger charge is 2.25. The number of carbonyl (C=O) groups excluding carboxylic acids is 2. The third kappa shape index (κ3) is 4.16. The monoisotopic (exact) mass is 237 g/mol. The number of nitriles is 1. The molecule has 5 heteroatoms. The van der Waals surface area contributed by atoms with Gasteiger partial charge in [-0.25, -0.2) is 0 Å². The number of imide groups is 1.